The summed E-state index contributed by atoms with van der Waals surface area (Å²) in [5.74, 6) is 0.761. The van der Waals surface area contributed by atoms with Crippen molar-refractivity contribution in [3.8, 4) is 0 Å². The van der Waals surface area contributed by atoms with Gasteiger partial charge in [-0.15, -0.1) is 0 Å². The van der Waals surface area contributed by atoms with Crippen LogP contribution in [0.25, 0.3) is 0 Å². The van der Waals surface area contributed by atoms with Crippen molar-refractivity contribution in [3.05, 3.63) is 54.0 Å². The molecule has 3 fully saturated rings. The molecule has 0 radical (unpaired) electrons. The Morgan fingerprint density at radius 3 is 2.39 bits per heavy atom. The predicted octanol–water partition coefficient (Wildman–Crippen LogP) is 4.03. The van der Waals surface area contributed by atoms with E-state index in [0.717, 1.165) is 37.9 Å². The smallest absolute Gasteiger partial charge is 0.317 e. The first-order valence-electron chi connectivity index (χ1n) is 13.2. The van der Waals surface area contributed by atoms with Crippen LogP contribution in [-0.2, 0) is 10.3 Å². The van der Waals surface area contributed by atoms with Crippen LogP contribution in [0.15, 0.2) is 42.7 Å². The van der Waals surface area contributed by atoms with E-state index in [1.165, 1.54) is 24.8 Å². The zero-order chi connectivity index (χ0) is 25.3. The van der Waals surface area contributed by atoms with Crippen molar-refractivity contribution in [2.24, 2.45) is 5.92 Å². The molecule has 0 atom stereocenters. The normalized spacial score (nSPS) is 26.5. The Bertz CT molecular complexity index is 1070. The molecule has 3 aliphatic rings. The molecule has 2 heterocycles. The van der Waals surface area contributed by atoms with Crippen molar-refractivity contribution < 1.29 is 9.59 Å². The first-order chi connectivity index (χ1) is 17.3. The SMILES string of the molecule is Cc1cnc(NC(=O)CN2C[C@]3(CC[C@](c4ccccc4)(N(C)C)CC3)N(CC3CCC3)C2=O)cn1. The predicted molar refractivity (Wildman–Crippen MR) is 139 cm³/mol. The summed E-state index contributed by atoms with van der Waals surface area (Å²) in [4.78, 5) is 41.2. The van der Waals surface area contributed by atoms with Gasteiger partial charge in [0, 0.05) is 18.6 Å². The van der Waals surface area contributed by atoms with E-state index in [9.17, 15) is 9.59 Å². The number of amides is 3. The van der Waals surface area contributed by atoms with Crippen LogP contribution in [0, 0.1) is 12.8 Å². The molecular formula is C28H38N6O2. The highest BCUT2D eigenvalue weighted by Gasteiger charge is 2.55. The summed E-state index contributed by atoms with van der Waals surface area (Å²) in [6.45, 7) is 3.30. The lowest BCUT2D eigenvalue weighted by molar-refractivity contribution is -0.116. The van der Waals surface area contributed by atoms with Crippen LogP contribution in [0.5, 0.6) is 0 Å². The maximum atomic E-state index is 13.7. The monoisotopic (exact) mass is 490 g/mol. The van der Waals surface area contributed by atoms with Gasteiger partial charge in [0.2, 0.25) is 5.91 Å². The summed E-state index contributed by atoms with van der Waals surface area (Å²) >= 11 is 0. The van der Waals surface area contributed by atoms with Crippen LogP contribution in [-0.4, -0.2) is 75.9 Å². The number of rotatable bonds is 7. The van der Waals surface area contributed by atoms with Crippen LogP contribution in [0.2, 0.25) is 0 Å². The van der Waals surface area contributed by atoms with E-state index in [1.807, 2.05) is 6.92 Å². The number of nitrogens with one attached hydrogen (secondary N) is 1. The van der Waals surface area contributed by atoms with Crippen molar-refractivity contribution in [1.82, 2.24) is 24.7 Å². The lowest BCUT2D eigenvalue weighted by atomic mass is 9.68. The number of hydrogen-bond donors (Lipinski definition) is 1. The molecule has 1 aromatic carbocycles. The third kappa shape index (κ3) is 4.59. The Hall–Kier alpha value is -3.00. The Kier molecular flexibility index (Phi) is 6.72. The summed E-state index contributed by atoms with van der Waals surface area (Å²) in [6.07, 6.45) is 10.6. The van der Waals surface area contributed by atoms with Gasteiger partial charge in [-0.2, -0.15) is 0 Å². The topological polar surface area (TPSA) is 81.7 Å². The van der Waals surface area contributed by atoms with Crippen LogP contribution < -0.4 is 5.32 Å². The summed E-state index contributed by atoms with van der Waals surface area (Å²) < 4.78 is 0. The number of benzene rings is 1. The average Bonchev–Trinajstić information content (AvgIpc) is 3.08. The first-order valence-corrected chi connectivity index (χ1v) is 13.2. The van der Waals surface area contributed by atoms with Crippen LogP contribution >= 0.6 is 0 Å². The molecule has 1 saturated heterocycles. The van der Waals surface area contributed by atoms with Crippen molar-refractivity contribution in [2.45, 2.75) is 62.9 Å². The second-order valence-corrected chi connectivity index (χ2v) is 11.2. The molecule has 1 N–H and O–H groups in total. The minimum Gasteiger partial charge on any atom is -0.317 e. The highest BCUT2D eigenvalue weighted by Crippen LogP contribution is 2.49. The maximum Gasteiger partial charge on any atom is 0.321 e. The van der Waals surface area contributed by atoms with Crippen molar-refractivity contribution in [3.63, 3.8) is 0 Å². The maximum absolute atomic E-state index is 13.7. The molecule has 3 amide bonds. The molecule has 8 nitrogen and oxygen atoms in total. The lowest BCUT2D eigenvalue weighted by Gasteiger charge is -2.51. The fourth-order valence-electron chi connectivity index (χ4n) is 6.32. The van der Waals surface area contributed by atoms with Crippen molar-refractivity contribution in [2.75, 3.05) is 39.0 Å². The molecule has 1 spiro atoms. The minimum absolute atomic E-state index is 0.00380. The molecule has 2 aliphatic carbocycles. The molecule has 1 aromatic heterocycles. The Morgan fingerprint density at radius 2 is 1.81 bits per heavy atom. The van der Waals surface area contributed by atoms with Gasteiger partial charge in [0.05, 0.1) is 23.6 Å². The van der Waals surface area contributed by atoms with Gasteiger partial charge in [-0.05, 0) is 71.0 Å². The molecule has 1 aliphatic heterocycles. The Balaban J connectivity index is 1.33. The van der Waals surface area contributed by atoms with E-state index in [1.54, 1.807) is 17.3 Å². The highest BCUT2D eigenvalue weighted by molar-refractivity contribution is 5.94. The number of nitrogens with zero attached hydrogens (tertiary/aromatic N) is 5. The average molecular weight is 491 g/mol. The zero-order valence-corrected chi connectivity index (χ0v) is 21.7. The van der Waals surface area contributed by atoms with Gasteiger partial charge in [0.15, 0.2) is 5.82 Å². The molecule has 2 aromatic rings. The second-order valence-electron chi connectivity index (χ2n) is 11.2. The van der Waals surface area contributed by atoms with E-state index in [4.69, 9.17) is 0 Å². The number of anilines is 1. The molecule has 8 heteroatoms. The Morgan fingerprint density at radius 1 is 1.08 bits per heavy atom. The summed E-state index contributed by atoms with van der Waals surface area (Å²) in [5, 5.41) is 2.80. The lowest BCUT2D eigenvalue weighted by Crippen LogP contribution is -2.56. The van der Waals surface area contributed by atoms with Crippen LogP contribution in [0.4, 0.5) is 10.6 Å². The van der Waals surface area contributed by atoms with Gasteiger partial charge in [0.25, 0.3) is 0 Å². The van der Waals surface area contributed by atoms with Gasteiger partial charge < -0.3 is 15.1 Å². The van der Waals surface area contributed by atoms with Crippen molar-refractivity contribution >= 4 is 17.8 Å². The molecule has 36 heavy (non-hydrogen) atoms. The summed E-state index contributed by atoms with van der Waals surface area (Å²) in [5.41, 5.74) is 1.88. The molecule has 0 bridgehead atoms. The summed E-state index contributed by atoms with van der Waals surface area (Å²) in [6, 6.07) is 10.8. The standard InChI is InChI=1S/C28H38N6O2/c1-21-16-30-24(17-29-21)31-25(35)19-33-20-27(34(26(33)36)18-22-8-7-9-22)12-14-28(15-13-27,32(2)3)23-10-5-4-6-11-23/h4-6,10-11,16-17,22H,7-9,12-15,18-20H2,1-3H3,(H,30,31,35)/t27-,28+. The quantitative estimate of drug-likeness (QED) is 0.634. The van der Waals surface area contributed by atoms with E-state index in [-0.39, 0.29) is 29.6 Å². The fraction of sp³-hybridized carbons (Fsp3) is 0.571. The second kappa shape index (κ2) is 9.81. The van der Waals surface area contributed by atoms with E-state index in [0.29, 0.717) is 18.3 Å². The van der Waals surface area contributed by atoms with Crippen molar-refractivity contribution in [1.29, 1.82) is 0 Å². The van der Waals surface area contributed by atoms with E-state index < -0.39 is 0 Å². The third-order valence-electron chi connectivity index (χ3n) is 8.78. The number of carbonyl (C=O) groups is 2. The van der Waals surface area contributed by atoms with Gasteiger partial charge in [-0.3, -0.25) is 14.7 Å². The number of aryl methyl sites for hydroxylation is 1. The first kappa shape index (κ1) is 24.7. The fourth-order valence-corrected chi connectivity index (χ4v) is 6.32. The number of carbonyl (C=O) groups excluding carboxylic acids is 2. The van der Waals surface area contributed by atoms with E-state index >= 15 is 0 Å². The molecule has 2 saturated carbocycles. The summed E-state index contributed by atoms with van der Waals surface area (Å²) in [7, 11) is 4.34. The van der Waals surface area contributed by atoms with Crippen LogP contribution in [0.3, 0.4) is 0 Å². The van der Waals surface area contributed by atoms with Gasteiger partial charge >= 0.3 is 6.03 Å². The molecule has 5 rings (SSSR count). The zero-order valence-electron chi connectivity index (χ0n) is 21.7. The minimum atomic E-state index is -0.232. The van der Waals surface area contributed by atoms with Gasteiger partial charge in [0.1, 0.15) is 6.54 Å². The largest absolute Gasteiger partial charge is 0.321 e. The molecular weight excluding hydrogens is 452 g/mol. The van der Waals surface area contributed by atoms with Crippen LogP contribution in [0.1, 0.15) is 56.2 Å². The third-order valence-corrected chi connectivity index (χ3v) is 8.78. The number of aromatic nitrogens is 2. The molecule has 0 unspecified atom stereocenters. The van der Waals surface area contributed by atoms with Gasteiger partial charge in [-0.1, -0.05) is 36.8 Å². The number of urea groups is 1. The Labute approximate surface area is 214 Å². The number of hydrogen-bond acceptors (Lipinski definition) is 5. The highest BCUT2D eigenvalue weighted by atomic mass is 16.2. The van der Waals surface area contributed by atoms with Gasteiger partial charge in [-0.25, -0.2) is 9.78 Å². The molecule has 192 valence electrons. The van der Waals surface area contributed by atoms with E-state index in [2.05, 4.69) is 69.5 Å².